The number of halogens is 1. The van der Waals surface area contributed by atoms with Crippen LogP contribution in [0.5, 0.6) is 0 Å². The number of aromatic amines is 1. The van der Waals surface area contributed by atoms with Crippen molar-refractivity contribution in [2.75, 3.05) is 0 Å². The number of aromatic nitrogens is 4. The molecule has 4 heterocycles. The van der Waals surface area contributed by atoms with Gasteiger partial charge in [0.05, 0.1) is 23.1 Å². The number of H-pyrrole nitrogens is 1. The van der Waals surface area contributed by atoms with Gasteiger partial charge in [0.2, 0.25) is 0 Å². The highest BCUT2D eigenvalue weighted by molar-refractivity contribution is 5.95. The Balaban J connectivity index is 1.51. The van der Waals surface area contributed by atoms with E-state index in [2.05, 4.69) is 53.6 Å². The van der Waals surface area contributed by atoms with Crippen LogP contribution in [0.3, 0.4) is 0 Å². The third-order valence-electron chi connectivity index (χ3n) is 8.40. The van der Waals surface area contributed by atoms with E-state index >= 15 is 0 Å². The highest BCUT2D eigenvalue weighted by atomic mass is 19.1. The minimum Gasteiger partial charge on any atom is -0.345 e. The van der Waals surface area contributed by atoms with Crippen molar-refractivity contribution in [3.05, 3.63) is 48.3 Å². The first-order chi connectivity index (χ1) is 15.5. The van der Waals surface area contributed by atoms with E-state index in [1.807, 2.05) is 6.20 Å². The summed E-state index contributed by atoms with van der Waals surface area (Å²) in [5.74, 6) is 2.86. The van der Waals surface area contributed by atoms with Gasteiger partial charge < -0.3 is 9.55 Å². The fourth-order valence-electron chi connectivity index (χ4n) is 6.61. The van der Waals surface area contributed by atoms with Crippen LogP contribution in [0.4, 0.5) is 4.39 Å². The van der Waals surface area contributed by atoms with Crippen molar-refractivity contribution in [3.8, 4) is 11.3 Å². The molecule has 4 aromatic heterocycles. The van der Waals surface area contributed by atoms with Gasteiger partial charge in [0.25, 0.3) is 0 Å². The molecule has 3 aliphatic carbocycles. The third-order valence-corrected chi connectivity index (χ3v) is 8.40. The van der Waals surface area contributed by atoms with Gasteiger partial charge in [-0.2, -0.15) is 0 Å². The average molecular weight is 431 g/mol. The average Bonchev–Trinajstić information content (AvgIpc) is 3.40. The second kappa shape index (κ2) is 7.43. The Labute approximate surface area is 188 Å². The summed E-state index contributed by atoms with van der Waals surface area (Å²) in [4.78, 5) is 12.6. The summed E-state index contributed by atoms with van der Waals surface area (Å²) < 4.78 is 16.3. The van der Waals surface area contributed by atoms with E-state index in [-0.39, 0.29) is 5.82 Å². The number of nitrogens with one attached hydrogen (secondary N) is 1. The molecular formula is C27H31FN4. The minimum absolute atomic E-state index is 0.322. The lowest BCUT2D eigenvalue weighted by Gasteiger charge is -2.47. The molecule has 0 aromatic carbocycles. The van der Waals surface area contributed by atoms with Gasteiger partial charge in [-0.25, -0.2) is 9.37 Å². The second-order valence-corrected chi connectivity index (χ2v) is 10.4. The summed E-state index contributed by atoms with van der Waals surface area (Å²) in [5.41, 5.74) is 4.93. The fourth-order valence-corrected chi connectivity index (χ4v) is 6.61. The third kappa shape index (κ3) is 3.08. The molecule has 166 valence electrons. The standard InChI is InChI=1S/C27H31FN4/c1-15(2)32-9-8-20-24(11-21-16(3)17-4-6-18(21)7-5-17)31-25(12-26(20)32)23-14-30-27-22(23)10-19(28)13-29-27/h8-10,12-18,21H,4-7,11H2,1-3H3,(H,29,30)/t16-,17?,18?,21+/m1/s1. The van der Waals surface area contributed by atoms with Crippen LogP contribution >= 0.6 is 0 Å². The monoisotopic (exact) mass is 430 g/mol. The molecule has 2 atom stereocenters. The van der Waals surface area contributed by atoms with Gasteiger partial charge in [-0.1, -0.05) is 6.92 Å². The number of hydrogen-bond acceptors (Lipinski definition) is 2. The predicted octanol–water partition coefficient (Wildman–Crippen LogP) is 6.91. The topological polar surface area (TPSA) is 46.5 Å². The maximum Gasteiger partial charge on any atom is 0.142 e. The largest absolute Gasteiger partial charge is 0.345 e. The molecule has 4 aromatic rings. The molecule has 4 nitrogen and oxygen atoms in total. The van der Waals surface area contributed by atoms with E-state index in [1.165, 1.54) is 48.5 Å². The van der Waals surface area contributed by atoms with Crippen LogP contribution in [0, 0.1) is 29.5 Å². The van der Waals surface area contributed by atoms with Gasteiger partial charge in [-0.3, -0.25) is 4.98 Å². The molecule has 5 heteroatoms. The molecule has 32 heavy (non-hydrogen) atoms. The molecule has 2 bridgehead atoms. The fraction of sp³-hybridized carbons (Fsp3) is 0.481. The highest BCUT2D eigenvalue weighted by Crippen LogP contribution is 2.50. The van der Waals surface area contributed by atoms with Crippen LogP contribution in [0.15, 0.2) is 36.8 Å². The first-order valence-corrected chi connectivity index (χ1v) is 12.1. The highest BCUT2D eigenvalue weighted by Gasteiger charge is 2.41. The molecule has 0 unspecified atom stereocenters. The lowest BCUT2D eigenvalue weighted by molar-refractivity contribution is 0.0341. The zero-order valence-corrected chi connectivity index (χ0v) is 19.1. The van der Waals surface area contributed by atoms with Crippen LogP contribution in [0.1, 0.15) is 58.2 Å². The van der Waals surface area contributed by atoms with Crippen molar-refractivity contribution in [1.82, 2.24) is 19.5 Å². The Morgan fingerprint density at radius 3 is 2.66 bits per heavy atom. The van der Waals surface area contributed by atoms with Gasteiger partial charge in [-0.15, -0.1) is 0 Å². The van der Waals surface area contributed by atoms with E-state index in [9.17, 15) is 4.39 Å². The van der Waals surface area contributed by atoms with E-state index in [0.717, 1.165) is 40.8 Å². The van der Waals surface area contributed by atoms with Crippen LogP contribution < -0.4 is 0 Å². The second-order valence-electron chi connectivity index (χ2n) is 10.4. The Bertz CT molecular complexity index is 1290. The first kappa shape index (κ1) is 20.0. The molecule has 0 amide bonds. The number of pyridine rings is 2. The summed E-state index contributed by atoms with van der Waals surface area (Å²) in [7, 11) is 0. The van der Waals surface area contributed by atoms with Crippen molar-refractivity contribution in [2.24, 2.45) is 23.7 Å². The molecule has 3 fully saturated rings. The zero-order chi connectivity index (χ0) is 22.0. The van der Waals surface area contributed by atoms with Crippen molar-refractivity contribution in [1.29, 1.82) is 0 Å². The molecule has 3 saturated carbocycles. The van der Waals surface area contributed by atoms with Crippen LogP contribution in [0.25, 0.3) is 33.2 Å². The SMILES string of the molecule is CC(C)n1ccc2c(C[C@@H]3C4CCC(CC4)[C@H]3C)nc(-c3c[nH]c4ncc(F)cc34)cc21. The van der Waals surface area contributed by atoms with E-state index < -0.39 is 0 Å². The summed E-state index contributed by atoms with van der Waals surface area (Å²) in [6, 6.07) is 6.33. The maximum absolute atomic E-state index is 14.0. The maximum atomic E-state index is 14.0. The molecule has 7 rings (SSSR count). The summed E-state index contributed by atoms with van der Waals surface area (Å²) >= 11 is 0. The van der Waals surface area contributed by atoms with Gasteiger partial charge >= 0.3 is 0 Å². The molecule has 0 radical (unpaired) electrons. The van der Waals surface area contributed by atoms with Gasteiger partial charge in [0.15, 0.2) is 0 Å². The summed E-state index contributed by atoms with van der Waals surface area (Å²) in [5, 5.41) is 2.05. The van der Waals surface area contributed by atoms with Gasteiger partial charge in [0, 0.05) is 34.8 Å². The predicted molar refractivity (Wildman–Crippen MR) is 127 cm³/mol. The minimum atomic E-state index is -0.322. The molecule has 3 aliphatic rings. The number of nitrogens with zero attached hydrogens (tertiary/aromatic N) is 3. The normalized spacial score (nSPS) is 25.4. The zero-order valence-electron chi connectivity index (χ0n) is 19.1. The lowest BCUT2D eigenvalue weighted by Crippen LogP contribution is -2.39. The quantitative estimate of drug-likeness (QED) is 0.382. The van der Waals surface area contributed by atoms with E-state index in [0.29, 0.717) is 17.6 Å². The van der Waals surface area contributed by atoms with Crippen molar-refractivity contribution in [3.63, 3.8) is 0 Å². The molecule has 0 spiro atoms. The Hall–Kier alpha value is -2.69. The molecule has 0 saturated heterocycles. The smallest absolute Gasteiger partial charge is 0.142 e. The Kier molecular flexibility index (Phi) is 4.63. The molecular weight excluding hydrogens is 399 g/mol. The van der Waals surface area contributed by atoms with Crippen molar-refractivity contribution < 1.29 is 4.39 Å². The number of hydrogen-bond donors (Lipinski definition) is 1. The Morgan fingerprint density at radius 2 is 1.91 bits per heavy atom. The van der Waals surface area contributed by atoms with Crippen LogP contribution in [0.2, 0.25) is 0 Å². The lowest BCUT2D eigenvalue weighted by atomic mass is 9.58. The first-order valence-electron chi connectivity index (χ1n) is 12.1. The molecule has 1 N–H and O–H groups in total. The van der Waals surface area contributed by atoms with Crippen LogP contribution in [-0.2, 0) is 6.42 Å². The summed E-state index contributed by atoms with van der Waals surface area (Å²) in [6.45, 7) is 6.90. The van der Waals surface area contributed by atoms with Gasteiger partial charge in [0.1, 0.15) is 11.5 Å². The number of rotatable bonds is 4. The van der Waals surface area contributed by atoms with Crippen LogP contribution in [-0.4, -0.2) is 19.5 Å². The van der Waals surface area contributed by atoms with Crippen molar-refractivity contribution in [2.45, 2.75) is 58.9 Å². The van der Waals surface area contributed by atoms with E-state index in [1.54, 1.807) is 6.07 Å². The Morgan fingerprint density at radius 1 is 1.12 bits per heavy atom. The van der Waals surface area contributed by atoms with Gasteiger partial charge in [-0.05, 0) is 87.8 Å². The molecule has 0 aliphatic heterocycles. The number of fused-ring (bicyclic) bond motifs is 5. The summed E-state index contributed by atoms with van der Waals surface area (Å²) in [6.07, 6.45) is 12.0. The van der Waals surface area contributed by atoms with E-state index in [4.69, 9.17) is 4.98 Å². The van der Waals surface area contributed by atoms with Crippen molar-refractivity contribution >= 4 is 21.9 Å².